The van der Waals surface area contributed by atoms with Crippen LogP contribution in [-0.4, -0.2) is 27.6 Å². The average molecular weight is 222 g/mol. The van der Waals surface area contributed by atoms with Crippen molar-refractivity contribution in [2.75, 3.05) is 13.1 Å². The van der Waals surface area contributed by atoms with E-state index < -0.39 is 0 Å². The maximum absolute atomic E-state index is 8.59. The monoisotopic (exact) mass is 222 g/mol. The van der Waals surface area contributed by atoms with Gasteiger partial charge < -0.3 is 0 Å². The zero-order valence-corrected chi connectivity index (χ0v) is 9.41. The molecule has 4 nitrogen and oxygen atoms in total. The van der Waals surface area contributed by atoms with E-state index in [0.717, 1.165) is 25.6 Å². The van der Waals surface area contributed by atoms with Crippen molar-refractivity contribution in [3.8, 4) is 6.07 Å². The molecular weight excluding hydrogens is 208 g/mol. The molecule has 2 rings (SSSR count). The lowest BCUT2D eigenvalue weighted by atomic mass is 10.3. The van der Waals surface area contributed by atoms with Gasteiger partial charge in [-0.25, -0.2) is 0 Å². The van der Waals surface area contributed by atoms with E-state index in [1.54, 1.807) is 0 Å². The highest BCUT2D eigenvalue weighted by Crippen LogP contribution is 2.30. The summed E-state index contributed by atoms with van der Waals surface area (Å²) in [5.74, 6) is 0.865. The molecule has 1 saturated carbocycles. The molecule has 1 fully saturated rings. The van der Waals surface area contributed by atoms with E-state index in [0.29, 0.717) is 6.42 Å². The molecule has 1 aliphatic carbocycles. The Bertz CT molecular complexity index is 326. The first-order valence-corrected chi connectivity index (χ1v) is 6.01. The standard InChI is InChI=1S/C10H14N4S/c11-4-1-5-14(7-9-2-3-9)8-10-6-12-13-15-10/h6,9H,1-3,5,7-8H2. The van der Waals surface area contributed by atoms with Crippen molar-refractivity contribution in [1.29, 1.82) is 5.26 Å². The van der Waals surface area contributed by atoms with E-state index >= 15 is 0 Å². The van der Waals surface area contributed by atoms with E-state index in [9.17, 15) is 0 Å². The predicted molar refractivity (Wildman–Crippen MR) is 58.1 cm³/mol. The molecule has 1 heterocycles. The Kier molecular flexibility index (Phi) is 3.64. The molecule has 0 amide bonds. The lowest BCUT2D eigenvalue weighted by Gasteiger charge is -2.19. The van der Waals surface area contributed by atoms with E-state index in [1.165, 1.54) is 29.3 Å². The fraction of sp³-hybridized carbons (Fsp3) is 0.700. The molecule has 0 N–H and O–H groups in total. The first-order valence-electron chi connectivity index (χ1n) is 5.24. The second-order valence-corrected chi connectivity index (χ2v) is 4.84. The van der Waals surface area contributed by atoms with Crippen LogP contribution in [0.4, 0.5) is 0 Å². The number of rotatable bonds is 6. The van der Waals surface area contributed by atoms with Crippen LogP contribution in [0.2, 0.25) is 0 Å². The lowest BCUT2D eigenvalue weighted by molar-refractivity contribution is 0.262. The second-order valence-electron chi connectivity index (χ2n) is 3.97. The van der Waals surface area contributed by atoms with Gasteiger partial charge in [0.05, 0.1) is 17.1 Å². The highest BCUT2D eigenvalue weighted by Gasteiger charge is 2.24. The van der Waals surface area contributed by atoms with Gasteiger partial charge in [0.2, 0.25) is 0 Å². The number of aromatic nitrogens is 2. The van der Waals surface area contributed by atoms with Gasteiger partial charge in [-0.05, 0) is 30.3 Å². The summed E-state index contributed by atoms with van der Waals surface area (Å²) in [5, 5.41) is 12.4. The second kappa shape index (κ2) is 5.19. The van der Waals surface area contributed by atoms with Gasteiger partial charge in [-0.3, -0.25) is 4.90 Å². The van der Waals surface area contributed by atoms with Gasteiger partial charge in [0.15, 0.2) is 0 Å². The van der Waals surface area contributed by atoms with Crippen molar-refractivity contribution >= 4 is 11.5 Å². The van der Waals surface area contributed by atoms with E-state index in [2.05, 4.69) is 20.6 Å². The zero-order chi connectivity index (χ0) is 10.5. The van der Waals surface area contributed by atoms with Crippen LogP contribution in [0.25, 0.3) is 0 Å². The SMILES string of the molecule is N#CCCN(Cc1cnns1)CC1CC1. The van der Waals surface area contributed by atoms with Crippen LogP contribution in [0.3, 0.4) is 0 Å². The van der Waals surface area contributed by atoms with Crippen molar-refractivity contribution in [3.63, 3.8) is 0 Å². The largest absolute Gasteiger partial charge is 0.297 e. The molecule has 80 valence electrons. The third kappa shape index (κ3) is 3.57. The van der Waals surface area contributed by atoms with Crippen LogP contribution < -0.4 is 0 Å². The molecule has 0 saturated heterocycles. The van der Waals surface area contributed by atoms with Gasteiger partial charge in [0, 0.05) is 26.1 Å². The smallest absolute Gasteiger partial charge is 0.0666 e. The Morgan fingerprint density at radius 2 is 2.47 bits per heavy atom. The summed E-state index contributed by atoms with van der Waals surface area (Å²) in [6, 6.07) is 2.20. The molecule has 0 unspecified atom stereocenters. The molecule has 0 radical (unpaired) electrons. The van der Waals surface area contributed by atoms with E-state index in [4.69, 9.17) is 5.26 Å². The molecule has 0 aromatic carbocycles. The molecule has 0 spiro atoms. The molecule has 0 aliphatic heterocycles. The number of nitriles is 1. The molecular formula is C10H14N4S. The Morgan fingerprint density at radius 3 is 3.07 bits per heavy atom. The van der Waals surface area contributed by atoms with Gasteiger partial charge in [0.25, 0.3) is 0 Å². The maximum atomic E-state index is 8.59. The van der Waals surface area contributed by atoms with Gasteiger partial charge in [0.1, 0.15) is 0 Å². The molecule has 0 atom stereocenters. The number of hydrogen-bond donors (Lipinski definition) is 0. The topological polar surface area (TPSA) is 52.8 Å². The quantitative estimate of drug-likeness (QED) is 0.734. The summed E-state index contributed by atoms with van der Waals surface area (Å²) in [6.45, 7) is 2.89. The van der Waals surface area contributed by atoms with Crippen LogP contribution in [0, 0.1) is 17.2 Å². The highest BCUT2D eigenvalue weighted by molar-refractivity contribution is 7.05. The lowest BCUT2D eigenvalue weighted by Crippen LogP contribution is -2.26. The molecule has 0 bridgehead atoms. The minimum Gasteiger partial charge on any atom is -0.297 e. The minimum atomic E-state index is 0.610. The molecule has 1 aromatic rings. The first kappa shape index (κ1) is 10.5. The van der Waals surface area contributed by atoms with Gasteiger partial charge in [-0.15, -0.1) is 5.10 Å². The molecule has 1 aliphatic rings. The Morgan fingerprint density at radius 1 is 1.60 bits per heavy atom. The van der Waals surface area contributed by atoms with Crippen LogP contribution in [0.5, 0.6) is 0 Å². The third-order valence-corrected chi connectivity index (χ3v) is 3.18. The van der Waals surface area contributed by atoms with Crippen molar-refractivity contribution in [3.05, 3.63) is 11.1 Å². The molecule has 5 heteroatoms. The Labute approximate surface area is 93.7 Å². The molecule has 15 heavy (non-hydrogen) atoms. The summed E-state index contributed by atoms with van der Waals surface area (Å²) >= 11 is 1.45. The Balaban J connectivity index is 1.83. The third-order valence-electron chi connectivity index (χ3n) is 2.54. The zero-order valence-electron chi connectivity index (χ0n) is 8.59. The normalized spacial score (nSPS) is 15.5. The van der Waals surface area contributed by atoms with Crippen LogP contribution in [-0.2, 0) is 6.54 Å². The Hall–Kier alpha value is -0.990. The van der Waals surface area contributed by atoms with E-state index in [-0.39, 0.29) is 0 Å². The highest BCUT2D eigenvalue weighted by atomic mass is 32.1. The van der Waals surface area contributed by atoms with Crippen molar-refractivity contribution < 1.29 is 0 Å². The molecule has 1 aromatic heterocycles. The summed E-state index contributed by atoms with van der Waals surface area (Å²) in [5.41, 5.74) is 0. The minimum absolute atomic E-state index is 0.610. The maximum Gasteiger partial charge on any atom is 0.0666 e. The first-order chi connectivity index (χ1) is 7.38. The van der Waals surface area contributed by atoms with Crippen LogP contribution in [0.15, 0.2) is 6.20 Å². The summed E-state index contributed by atoms with van der Waals surface area (Å²) in [4.78, 5) is 3.53. The number of nitrogens with zero attached hydrogens (tertiary/aromatic N) is 4. The van der Waals surface area contributed by atoms with Gasteiger partial charge >= 0.3 is 0 Å². The summed E-state index contributed by atoms with van der Waals surface area (Å²) in [6.07, 6.45) is 5.13. The van der Waals surface area contributed by atoms with Gasteiger partial charge in [-0.1, -0.05) is 4.49 Å². The predicted octanol–water partition coefficient (Wildman–Crippen LogP) is 1.66. The van der Waals surface area contributed by atoms with Crippen LogP contribution in [0.1, 0.15) is 24.1 Å². The van der Waals surface area contributed by atoms with Gasteiger partial charge in [-0.2, -0.15) is 5.26 Å². The summed E-state index contributed by atoms with van der Waals surface area (Å²) < 4.78 is 3.85. The average Bonchev–Trinajstić information content (AvgIpc) is 2.90. The van der Waals surface area contributed by atoms with Crippen molar-refractivity contribution in [2.45, 2.75) is 25.8 Å². The van der Waals surface area contributed by atoms with E-state index in [1.807, 2.05) is 6.20 Å². The summed E-state index contributed by atoms with van der Waals surface area (Å²) in [7, 11) is 0. The van der Waals surface area contributed by atoms with Crippen molar-refractivity contribution in [1.82, 2.24) is 14.5 Å². The number of hydrogen-bond acceptors (Lipinski definition) is 5. The fourth-order valence-electron chi connectivity index (χ4n) is 1.59. The van der Waals surface area contributed by atoms with Crippen molar-refractivity contribution in [2.24, 2.45) is 5.92 Å². The fourth-order valence-corrected chi connectivity index (χ4v) is 2.12. The van der Waals surface area contributed by atoms with Crippen LogP contribution >= 0.6 is 11.5 Å².